The molecule has 0 aliphatic carbocycles. The minimum Gasteiger partial charge on any atom is -0.469 e. The molecule has 0 spiro atoms. The SMILES string of the molecule is CCNC(Cc1cccc(F)c1Br)c1coc(C)c1. The molecule has 19 heavy (non-hydrogen) atoms. The van der Waals surface area contributed by atoms with Crippen LogP contribution in [0, 0.1) is 12.7 Å². The molecule has 0 fully saturated rings. The molecule has 0 radical (unpaired) electrons. The maximum Gasteiger partial charge on any atom is 0.137 e. The van der Waals surface area contributed by atoms with Crippen molar-refractivity contribution in [2.75, 3.05) is 6.54 Å². The summed E-state index contributed by atoms with van der Waals surface area (Å²) in [6.45, 7) is 4.83. The Balaban J connectivity index is 2.23. The monoisotopic (exact) mass is 325 g/mol. The van der Waals surface area contributed by atoms with Crippen LogP contribution in [0.25, 0.3) is 0 Å². The summed E-state index contributed by atoms with van der Waals surface area (Å²) in [6.07, 6.45) is 2.47. The van der Waals surface area contributed by atoms with Gasteiger partial charge in [0, 0.05) is 11.6 Å². The summed E-state index contributed by atoms with van der Waals surface area (Å²) in [7, 11) is 0. The van der Waals surface area contributed by atoms with Crippen LogP contribution in [-0.2, 0) is 6.42 Å². The van der Waals surface area contributed by atoms with Gasteiger partial charge in [-0.2, -0.15) is 0 Å². The molecule has 0 aliphatic heterocycles. The Hall–Kier alpha value is -1.13. The second-order valence-electron chi connectivity index (χ2n) is 4.52. The van der Waals surface area contributed by atoms with Crippen molar-refractivity contribution >= 4 is 15.9 Å². The van der Waals surface area contributed by atoms with Crippen LogP contribution in [0.5, 0.6) is 0 Å². The largest absolute Gasteiger partial charge is 0.469 e. The molecular weight excluding hydrogens is 309 g/mol. The van der Waals surface area contributed by atoms with Crippen molar-refractivity contribution in [3.05, 3.63) is 57.7 Å². The molecule has 2 nitrogen and oxygen atoms in total. The maximum atomic E-state index is 13.5. The fourth-order valence-electron chi connectivity index (χ4n) is 2.13. The number of nitrogens with one attached hydrogen (secondary N) is 1. The first-order valence-corrected chi connectivity index (χ1v) is 7.12. The number of hydrogen-bond donors (Lipinski definition) is 1. The average molecular weight is 326 g/mol. The lowest BCUT2D eigenvalue weighted by Gasteiger charge is -2.17. The first-order valence-electron chi connectivity index (χ1n) is 6.33. The Bertz CT molecular complexity index is 553. The van der Waals surface area contributed by atoms with Crippen LogP contribution >= 0.6 is 15.9 Å². The Morgan fingerprint density at radius 3 is 2.84 bits per heavy atom. The topological polar surface area (TPSA) is 25.2 Å². The lowest BCUT2D eigenvalue weighted by atomic mass is 10.0. The molecule has 2 rings (SSSR count). The van der Waals surface area contributed by atoms with Crippen molar-refractivity contribution in [3.63, 3.8) is 0 Å². The first kappa shape index (κ1) is 14.3. The molecule has 0 bridgehead atoms. The molecule has 102 valence electrons. The molecule has 1 aromatic carbocycles. The second-order valence-corrected chi connectivity index (χ2v) is 5.31. The van der Waals surface area contributed by atoms with E-state index in [4.69, 9.17) is 4.42 Å². The van der Waals surface area contributed by atoms with Crippen LogP contribution in [0.1, 0.15) is 29.9 Å². The fraction of sp³-hybridized carbons (Fsp3) is 0.333. The molecule has 1 N–H and O–H groups in total. The summed E-state index contributed by atoms with van der Waals surface area (Å²) in [4.78, 5) is 0. The smallest absolute Gasteiger partial charge is 0.137 e. The fourth-order valence-corrected chi connectivity index (χ4v) is 2.55. The highest BCUT2D eigenvalue weighted by molar-refractivity contribution is 9.10. The molecule has 0 amide bonds. The van der Waals surface area contributed by atoms with Crippen molar-refractivity contribution in [1.82, 2.24) is 5.32 Å². The number of furan rings is 1. The van der Waals surface area contributed by atoms with Crippen molar-refractivity contribution in [2.45, 2.75) is 26.3 Å². The van der Waals surface area contributed by atoms with Crippen molar-refractivity contribution in [2.24, 2.45) is 0 Å². The van der Waals surface area contributed by atoms with Crippen LogP contribution in [0.3, 0.4) is 0 Å². The van der Waals surface area contributed by atoms with E-state index < -0.39 is 0 Å². The molecule has 0 aliphatic rings. The number of benzene rings is 1. The molecule has 2 aromatic rings. The van der Waals surface area contributed by atoms with E-state index in [0.717, 1.165) is 23.4 Å². The second kappa shape index (κ2) is 6.35. The Kier molecular flexibility index (Phi) is 4.77. The standard InChI is InChI=1S/C15H17BrFNO/c1-3-18-14(12-7-10(2)19-9-12)8-11-5-4-6-13(17)15(11)16/h4-7,9,14,18H,3,8H2,1-2H3. The van der Waals surface area contributed by atoms with Crippen LogP contribution in [0.2, 0.25) is 0 Å². The van der Waals surface area contributed by atoms with Gasteiger partial charge in [-0.1, -0.05) is 19.1 Å². The van der Waals surface area contributed by atoms with Crippen LogP contribution in [0.15, 0.2) is 39.4 Å². The van der Waals surface area contributed by atoms with Gasteiger partial charge in [-0.3, -0.25) is 0 Å². The van der Waals surface area contributed by atoms with Gasteiger partial charge in [0.05, 0.1) is 10.7 Å². The number of halogens is 2. The summed E-state index contributed by atoms with van der Waals surface area (Å²) in [5.74, 6) is 0.660. The highest BCUT2D eigenvalue weighted by atomic mass is 79.9. The molecule has 0 saturated carbocycles. The Morgan fingerprint density at radius 1 is 1.42 bits per heavy atom. The summed E-state index contributed by atoms with van der Waals surface area (Å²) in [5.41, 5.74) is 2.04. The van der Waals surface area contributed by atoms with E-state index in [1.807, 2.05) is 19.1 Å². The third kappa shape index (κ3) is 3.45. The summed E-state index contributed by atoms with van der Waals surface area (Å²) in [5, 5.41) is 3.40. The molecule has 1 unspecified atom stereocenters. The molecule has 1 heterocycles. The number of aryl methyl sites for hydroxylation is 1. The van der Waals surface area contributed by atoms with E-state index in [1.165, 1.54) is 6.07 Å². The third-order valence-electron chi connectivity index (χ3n) is 3.06. The van der Waals surface area contributed by atoms with Crippen molar-refractivity contribution < 1.29 is 8.81 Å². The summed E-state index contributed by atoms with van der Waals surface area (Å²) < 4.78 is 19.4. The Labute approximate surface area is 121 Å². The van der Waals surface area contributed by atoms with Crippen molar-refractivity contribution in [1.29, 1.82) is 0 Å². The van der Waals surface area contributed by atoms with E-state index >= 15 is 0 Å². The van der Waals surface area contributed by atoms with Gasteiger partial charge in [-0.25, -0.2) is 4.39 Å². The van der Waals surface area contributed by atoms with E-state index in [1.54, 1.807) is 12.3 Å². The van der Waals surface area contributed by atoms with Gasteiger partial charge in [-0.05, 0) is 53.5 Å². The maximum absolute atomic E-state index is 13.5. The minimum atomic E-state index is -0.226. The van der Waals surface area contributed by atoms with Gasteiger partial charge in [0.15, 0.2) is 0 Å². The van der Waals surface area contributed by atoms with E-state index in [2.05, 4.69) is 28.2 Å². The predicted octanol–water partition coefficient (Wildman–Crippen LogP) is 4.38. The zero-order valence-corrected chi connectivity index (χ0v) is 12.6. The molecule has 0 saturated heterocycles. The average Bonchev–Trinajstić information content (AvgIpc) is 2.81. The van der Waals surface area contributed by atoms with Gasteiger partial charge in [0.1, 0.15) is 11.6 Å². The van der Waals surface area contributed by atoms with Gasteiger partial charge >= 0.3 is 0 Å². The third-order valence-corrected chi connectivity index (χ3v) is 3.95. The van der Waals surface area contributed by atoms with Gasteiger partial charge < -0.3 is 9.73 Å². The molecule has 1 aromatic heterocycles. The van der Waals surface area contributed by atoms with Gasteiger partial charge in [0.2, 0.25) is 0 Å². The van der Waals surface area contributed by atoms with E-state index in [-0.39, 0.29) is 11.9 Å². The van der Waals surface area contributed by atoms with Gasteiger partial charge in [0.25, 0.3) is 0 Å². The normalized spacial score (nSPS) is 12.6. The van der Waals surface area contributed by atoms with Crippen LogP contribution < -0.4 is 5.32 Å². The number of rotatable bonds is 5. The quantitative estimate of drug-likeness (QED) is 0.882. The number of hydrogen-bond acceptors (Lipinski definition) is 2. The lowest BCUT2D eigenvalue weighted by molar-refractivity contribution is 0.510. The molecular formula is C15H17BrFNO. The summed E-state index contributed by atoms with van der Waals surface area (Å²) in [6, 6.07) is 7.27. The highest BCUT2D eigenvalue weighted by Crippen LogP contribution is 2.26. The zero-order valence-electron chi connectivity index (χ0n) is 11.0. The van der Waals surface area contributed by atoms with Crippen LogP contribution in [0.4, 0.5) is 4.39 Å². The van der Waals surface area contributed by atoms with Crippen LogP contribution in [-0.4, -0.2) is 6.54 Å². The first-order chi connectivity index (χ1) is 9.11. The van der Waals surface area contributed by atoms with E-state index in [9.17, 15) is 4.39 Å². The lowest BCUT2D eigenvalue weighted by Crippen LogP contribution is -2.22. The van der Waals surface area contributed by atoms with E-state index in [0.29, 0.717) is 10.9 Å². The molecule has 1 atom stereocenters. The highest BCUT2D eigenvalue weighted by Gasteiger charge is 2.16. The zero-order chi connectivity index (χ0) is 13.8. The Morgan fingerprint density at radius 2 is 2.21 bits per heavy atom. The minimum absolute atomic E-state index is 0.126. The van der Waals surface area contributed by atoms with Crippen molar-refractivity contribution in [3.8, 4) is 0 Å². The summed E-state index contributed by atoms with van der Waals surface area (Å²) >= 11 is 3.31. The molecule has 4 heteroatoms. The predicted molar refractivity (Wildman–Crippen MR) is 77.7 cm³/mol. The number of likely N-dealkylation sites (N-methyl/N-ethyl adjacent to an activating group) is 1. The van der Waals surface area contributed by atoms with Gasteiger partial charge in [-0.15, -0.1) is 0 Å².